The molecule has 2 aromatic rings. The van der Waals surface area contributed by atoms with Crippen molar-refractivity contribution in [2.24, 2.45) is 0 Å². The summed E-state index contributed by atoms with van der Waals surface area (Å²) in [6.07, 6.45) is 4.08. The van der Waals surface area contributed by atoms with Gasteiger partial charge in [-0.3, -0.25) is 0 Å². The fourth-order valence-corrected chi connectivity index (χ4v) is 2.67. The third-order valence-corrected chi connectivity index (χ3v) is 3.91. The van der Waals surface area contributed by atoms with E-state index < -0.39 is 0 Å². The minimum absolute atomic E-state index is 0.554. The van der Waals surface area contributed by atoms with E-state index in [-0.39, 0.29) is 0 Å². The summed E-state index contributed by atoms with van der Waals surface area (Å²) in [4.78, 5) is 4.20. The monoisotopic (exact) mass is 272 g/mol. The number of ether oxygens (including phenoxy) is 1. The van der Waals surface area contributed by atoms with E-state index in [4.69, 9.17) is 9.15 Å². The second kappa shape index (κ2) is 5.67. The van der Waals surface area contributed by atoms with Gasteiger partial charge in [-0.15, -0.1) is 0 Å². The predicted octanol–water partition coefficient (Wildman–Crippen LogP) is 3.03. The lowest BCUT2D eigenvalue weighted by Gasteiger charge is -2.36. The fourth-order valence-electron chi connectivity index (χ4n) is 2.67. The molecular weight excluding hydrogens is 252 g/mol. The maximum absolute atomic E-state index is 5.45. The zero-order valence-corrected chi connectivity index (χ0v) is 11.9. The van der Waals surface area contributed by atoms with Gasteiger partial charge < -0.3 is 14.5 Å². The van der Waals surface area contributed by atoms with E-state index in [1.807, 2.05) is 13.0 Å². The number of aryl methyl sites for hydroxylation is 1. The molecule has 0 atom stereocenters. The largest absolute Gasteiger partial charge is 0.497 e. The number of benzene rings is 1. The van der Waals surface area contributed by atoms with Crippen molar-refractivity contribution in [3.63, 3.8) is 0 Å². The number of oxazole rings is 1. The van der Waals surface area contributed by atoms with Gasteiger partial charge in [0.15, 0.2) is 0 Å². The smallest absolute Gasteiger partial charge is 0.208 e. The molecule has 1 aromatic heterocycles. The van der Waals surface area contributed by atoms with Gasteiger partial charge in [0.2, 0.25) is 5.89 Å². The molecule has 0 unspecified atom stereocenters. The zero-order chi connectivity index (χ0) is 13.9. The Labute approximate surface area is 119 Å². The van der Waals surface area contributed by atoms with Crippen molar-refractivity contribution in [2.45, 2.75) is 38.3 Å². The minimum atomic E-state index is 0.554. The van der Waals surface area contributed by atoms with Gasteiger partial charge in [0.25, 0.3) is 0 Å². The summed E-state index contributed by atoms with van der Waals surface area (Å²) < 4.78 is 10.7. The Morgan fingerprint density at radius 3 is 2.95 bits per heavy atom. The first-order valence-electron chi connectivity index (χ1n) is 7.03. The topological polar surface area (TPSA) is 47.3 Å². The number of rotatable bonds is 5. The highest BCUT2D eigenvalue weighted by Gasteiger charge is 2.30. The van der Waals surface area contributed by atoms with Gasteiger partial charge in [-0.1, -0.05) is 12.1 Å². The first-order chi connectivity index (χ1) is 9.74. The molecule has 0 spiro atoms. The Morgan fingerprint density at radius 2 is 2.25 bits per heavy atom. The van der Waals surface area contributed by atoms with Crippen LogP contribution in [0.15, 0.2) is 34.9 Å². The summed E-state index contributed by atoms with van der Waals surface area (Å²) in [5.74, 6) is 3.21. The lowest BCUT2D eigenvalue weighted by Crippen LogP contribution is -2.39. The Bertz CT molecular complexity index is 573. The van der Waals surface area contributed by atoms with Crippen molar-refractivity contribution in [3.8, 4) is 5.75 Å². The van der Waals surface area contributed by atoms with Gasteiger partial charge in [-0.2, -0.15) is 0 Å². The van der Waals surface area contributed by atoms with Crippen molar-refractivity contribution in [3.05, 3.63) is 47.7 Å². The predicted molar refractivity (Wildman–Crippen MR) is 76.8 cm³/mol. The first-order valence-corrected chi connectivity index (χ1v) is 7.03. The van der Waals surface area contributed by atoms with Gasteiger partial charge in [0.1, 0.15) is 11.5 Å². The third kappa shape index (κ3) is 2.85. The highest BCUT2D eigenvalue weighted by atomic mass is 16.5. The molecule has 1 N–H and O–H groups in total. The van der Waals surface area contributed by atoms with Crippen LogP contribution in [0.4, 0.5) is 0 Å². The van der Waals surface area contributed by atoms with E-state index in [0.29, 0.717) is 18.5 Å². The number of hydrogen-bond donors (Lipinski definition) is 1. The molecule has 3 rings (SSSR count). The summed E-state index contributed by atoms with van der Waals surface area (Å²) in [6.45, 7) is 2.63. The van der Waals surface area contributed by atoms with Crippen LogP contribution in [0, 0.1) is 6.92 Å². The van der Waals surface area contributed by atoms with Gasteiger partial charge >= 0.3 is 0 Å². The number of aromatic nitrogens is 1. The van der Waals surface area contributed by atoms with Crippen molar-refractivity contribution >= 4 is 0 Å². The molecule has 1 saturated carbocycles. The Balaban J connectivity index is 1.48. The fraction of sp³-hybridized carbons (Fsp3) is 0.438. The molecule has 0 amide bonds. The summed E-state index contributed by atoms with van der Waals surface area (Å²) in [6, 6.07) is 8.92. The van der Waals surface area contributed by atoms with Gasteiger partial charge in [0, 0.05) is 6.04 Å². The summed E-state index contributed by atoms with van der Waals surface area (Å²) in [5.41, 5.74) is 1.37. The molecule has 106 valence electrons. The molecular formula is C16H20N2O2. The minimum Gasteiger partial charge on any atom is -0.497 e. The molecule has 0 aliphatic heterocycles. The second-order valence-corrected chi connectivity index (χ2v) is 5.39. The molecule has 1 heterocycles. The van der Waals surface area contributed by atoms with E-state index in [9.17, 15) is 0 Å². The van der Waals surface area contributed by atoms with Crippen molar-refractivity contribution in [1.29, 1.82) is 0 Å². The molecule has 1 aromatic carbocycles. The van der Waals surface area contributed by atoms with Crippen LogP contribution >= 0.6 is 0 Å². The summed E-state index contributed by atoms with van der Waals surface area (Å²) in [7, 11) is 1.71. The van der Waals surface area contributed by atoms with Gasteiger partial charge in [-0.25, -0.2) is 4.98 Å². The van der Waals surface area contributed by atoms with E-state index >= 15 is 0 Å². The SMILES string of the molecule is COc1cccc(C2CC(NCc3ncc(C)o3)C2)c1. The highest BCUT2D eigenvalue weighted by Crippen LogP contribution is 2.38. The zero-order valence-electron chi connectivity index (χ0n) is 11.9. The number of hydrogen-bond acceptors (Lipinski definition) is 4. The maximum atomic E-state index is 5.45. The molecule has 0 radical (unpaired) electrons. The molecule has 4 heteroatoms. The third-order valence-electron chi connectivity index (χ3n) is 3.91. The van der Waals surface area contributed by atoms with Crippen LogP contribution in [-0.2, 0) is 6.54 Å². The average Bonchev–Trinajstić information content (AvgIpc) is 2.83. The normalized spacial score (nSPS) is 21.5. The van der Waals surface area contributed by atoms with Crippen LogP contribution in [0.25, 0.3) is 0 Å². The Morgan fingerprint density at radius 1 is 1.40 bits per heavy atom. The lowest BCUT2D eigenvalue weighted by molar-refractivity contribution is 0.278. The quantitative estimate of drug-likeness (QED) is 0.909. The molecule has 1 fully saturated rings. The average molecular weight is 272 g/mol. The molecule has 20 heavy (non-hydrogen) atoms. The van der Waals surface area contributed by atoms with Crippen LogP contribution in [0.5, 0.6) is 5.75 Å². The van der Waals surface area contributed by atoms with Crippen LogP contribution in [0.2, 0.25) is 0 Å². The number of methoxy groups -OCH3 is 1. The van der Waals surface area contributed by atoms with Crippen LogP contribution in [-0.4, -0.2) is 18.1 Å². The second-order valence-electron chi connectivity index (χ2n) is 5.39. The molecule has 4 nitrogen and oxygen atoms in total. The highest BCUT2D eigenvalue weighted by molar-refractivity contribution is 5.32. The molecule has 0 saturated heterocycles. The van der Waals surface area contributed by atoms with E-state index in [1.165, 1.54) is 5.56 Å². The summed E-state index contributed by atoms with van der Waals surface area (Å²) in [5, 5.41) is 3.49. The molecule has 1 aliphatic rings. The van der Waals surface area contributed by atoms with Crippen molar-refractivity contribution in [2.75, 3.05) is 7.11 Å². The Hall–Kier alpha value is -1.81. The van der Waals surface area contributed by atoms with Crippen LogP contribution < -0.4 is 10.1 Å². The molecule has 1 aliphatic carbocycles. The van der Waals surface area contributed by atoms with E-state index in [1.54, 1.807) is 13.3 Å². The Kier molecular flexibility index (Phi) is 3.74. The van der Waals surface area contributed by atoms with Crippen LogP contribution in [0.1, 0.15) is 36.0 Å². The summed E-state index contributed by atoms with van der Waals surface area (Å²) >= 11 is 0. The van der Waals surface area contributed by atoms with Gasteiger partial charge in [0.05, 0.1) is 19.9 Å². The molecule has 0 bridgehead atoms. The standard InChI is InChI=1S/C16H20N2O2/c1-11-9-18-16(20-11)10-17-14-6-13(7-14)12-4-3-5-15(8-12)19-2/h3-5,8-9,13-14,17H,6-7,10H2,1-2H3. The maximum Gasteiger partial charge on any atom is 0.208 e. The first kappa shape index (κ1) is 13.2. The van der Waals surface area contributed by atoms with Crippen LogP contribution in [0.3, 0.4) is 0 Å². The van der Waals surface area contributed by atoms with Crippen molar-refractivity contribution in [1.82, 2.24) is 10.3 Å². The number of nitrogens with one attached hydrogen (secondary N) is 1. The van der Waals surface area contributed by atoms with Gasteiger partial charge in [-0.05, 0) is 43.4 Å². The van der Waals surface area contributed by atoms with Crippen molar-refractivity contribution < 1.29 is 9.15 Å². The van der Waals surface area contributed by atoms with E-state index in [0.717, 1.165) is 30.2 Å². The van der Waals surface area contributed by atoms with E-state index in [2.05, 4.69) is 28.5 Å². The lowest BCUT2D eigenvalue weighted by atomic mass is 9.76. The number of nitrogens with zero attached hydrogens (tertiary/aromatic N) is 1.